The number of allylic oxidation sites excluding steroid dienone is 6. The molecule has 11 unspecified atom stereocenters. The van der Waals surface area contributed by atoms with Crippen molar-refractivity contribution in [2.24, 2.45) is 0 Å². The van der Waals surface area contributed by atoms with Crippen LogP contribution in [0.2, 0.25) is 0 Å². The second kappa shape index (κ2) is 48.1. The Balaban J connectivity index is 1.71. The van der Waals surface area contributed by atoms with Gasteiger partial charge in [0.05, 0.1) is 26.4 Å². The third-order valence-electron chi connectivity index (χ3n) is 14.7. The SMILES string of the molecule is CCCCCCC/C=C\C/C=C\C/C=C\CCCCCCCCC(=O)OC(COCCCCCCCCCCCCCCCCCCCCCC)COC1OC(COC2OC(CO)C(O)C(O)C2O)C(O)C(O)C1O. The monoisotopic (exact) mass is 1070 g/mol. The van der Waals surface area contributed by atoms with Gasteiger partial charge in [0.15, 0.2) is 12.6 Å². The van der Waals surface area contributed by atoms with E-state index in [0.717, 1.165) is 70.6 Å². The topological polar surface area (TPSA) is 214 Å². The summed E-state index contributed by atoms with van der Waals surface area (Å²) in [6, 6.07) is 0. The second-order valence-electron chi connectivity index (χ2n) is 21.5. The molecule has 0 saturated carbocycles. The van der Waals surface area contributed by atoms with E-state index < -0.39 is 80.7 Å². The number of carbonyl (C=O) groups excluding carboxylic acids is 1. The fourth-order valence-electron chi connectivity index (χ4n) is 9.71. The van der Waals surface area contributed by atoms with Gasteiger partial charge < -0.3 is 64.2 Å². The Morgan fingerprint density at radius 1 is 0.440 bits per heavy atom. The third-order valence-corrected chi connectivity index (χ3v) is 14.7. The maximum absolute atomic E-state index is 13.1. The Hall–Kier alpha value is -1.79. The molecule has 14 nitrogen and oxygen atoms in total. The minimum Gasteiger partial charge on any atom is -0.457 e. The minimum atomic E-state index is -1.71. The lowest BCUT2D eigenvalue weighted by Crippen LogP contribution is -2.61. The number of hydrogen-bond donors (Lipinski definition) is 7. The zero-order valence-electron chi connectivity index (χ0n) is 47.3. The van der Waals surface area contributed by atoms with Gasteiger partial charge in [0.25, 0.3) is 0 Å². The lowest BCUT2D eigenvalue weighted by molar-refractivity contribution is -0.332. The predicted molar refractivity (Wildman–Crippen MR) is 298 cm³/mol. The van der Waals surface area contributed by atoms with Crippen LogP contribution in [-0.4, -0.2) is 142 Å². The molecule has 2 fully saturated rings. The highest BCUT2D eigenvalue weighted by Crippen LogP contribution is 2.27. The molecule has 14 heteroatoms. The normalized spacial score (nSPS) is 24.8. The number of esters is 1. The van der Waals surface area contributed by atoms with Crippen molar-refractivity contribution in [3.8, 4) is 0 Å². The summed E-state index contributed by atoms with van der Waals surface area (Å²) in [5.41, 5.74) is 0. The lowest BCUT2D eigenvalue weighted by Gasteiger charge is -2.42. The Bertz CT molecular complexity index is 1380. The van der Waals surface area contributed by atoms with Crippen LogP contribution in [0.4, 0.5) is 0 Å². The second-order valence-corrected chi connectivity index (χ2v) is 21.5. The van der Waals surface area contributed by atoms with E-state index in [0.29, 0.717) is 13.0 Å². The van der Waals surface area contributed by atoms with Crippen LogP contribution in [0.25, 0.3) is 0 Å². The standard InChI is InChI=1S/C61H112O14/c1-3-5-7-9-11-13-15-17-19-21-23-25-26-28-30-32-34-36-38-40-42-44-53(63)73-50(47-70-45-43-41-39-37-35-33-31-29-27-24-22-20-18-16-14-12-10-8-6-4-2)48-71-60-59(69)57(67)55(65)52(75-60)49-72-61-58(68)56(66)54(64)51(46-62)74-61/h15,17,21,23,26,28,50-52,54-62,64-69H,3-14,16,18-20,22,24-25,27,29-49H2,1-2H3/b17-15-,23-21-,28-26-. The van der Waals surface area contributed by atoms with Crippen molar-refractivity contribution in [3.05, 3.63) is 36.5 Å². The average Bonchev–Trinajstić information content (AvgIpc) is 3.41. The molecule has 0 radical (unpaired) electrons. The van der Waals surface area contributed by atoms with Crippen LogP contribution in [0.5, 0.6) is 0 Å². The van der Waals surface area contributed by atoms with Gasteiger partial charge in [-0.25, -0.2) is 0 Å². The van der Waals surface area contributed by atoms with Gasteiger partial charge in [-0.05, 0) is 51.4 Å². The van der Waals surface area contributed by atoms with Crippen LogP contribution in [0.15, 0.2) is 36.5 Å². The highest BCUT2D eigenvalue weighted by molar-refractivity contribution is 5.69. The Morgan fingerprint density at radius 2 is 0.827 bits per heavy atom. The molecule has 0 aliphatic carbocycles. The number of hydrogen-bond acceptors (Lipinski definition) is 14. The van der Waals surface area contributed by atoms with Gasteiger partial charge in [0.2, 0.25) is 0 Å². The quantitative estimate of drug-likeness (QED) is 0.0172. The molecular weight excluding hydrogens is 957 g/mol. The molecule has 440 valence electrons. The van der Waals surface area contributed by atoms with Crippen molar-refractivity contribution in [2.75, 3.05) is 33.0 Å². The van der Waals surface area contributed by atoms with Crippen molar-refractivity contribution in [1.82, 2.24) is 0 Å². The maximum Gasteiger partial charge on any atom is 0.306 e. The molecule has 0 bridgehead atoms. The predicted octanol–water partition coefficient (Wildman–Crippen LogP) is 11.3. The number of aliphatic hydroxyl groups excluding tert-OH is 7. The molecule has 2 heterocycles. The molecule has 0 aromatic carbocycles. The van der Waals surface area contributed by atoms with Gasteiger partial charge in [-0.15, -0.1) is 0 Å². The van der Waals surface area contributed by atoms with Crippen LogP contribution in [0.1, 0.15) is 245 Å². The molecule has 0 amide bonds. The summed E-state index contributed by atoms with van der Waals surface area (Å²) in [6.07, 6.45) is 40.6. The summed E-state index contributed by atoms with van der Waals surface area (Å²) in [6.45, 7) is 3.71. The summed E-state index contributed by atoms with van der Waals surface area (Å²) in [5, 5.41) is 72.4. The van der Waals surface area contributed by atoms with Gasteiger partial charge in [-0.2, -0.15) is 0 Å². The zero-order valence-corrected chi connectivity index (χ0v) is 47.3. The molecule has 2 aliphatic heterocycles. The number of unbranched alkanes of at least 4 members (excludes halogenated alkanes) is 30. The van der Waals surface area contributed by atoms with Gasteiger partial charge in [0, 0.05) is 13.0 Å². The maximum atomic E-state index is 13.1. The summed E-state index contributed by atoms with van der Waals surface area (Å²) in [5.74, 6) is -0.384. The van der Waals surface area contributed by atoms with Crippen LogP contribution in [0, 0.1) is 0 Å². The first-order valence-corrected chi connectivity index (χ1v) is 30.6. The van der Waals surface area contributed by atoms with E-state index in [2.05, 4.69) is 50.3 Å². The largest absolute Gasteiger partial charge is 0.457 e. The molecule has 7 N–H and O–H groups in total. The molecule has 2 rings (SSSR count). The molecule has 0 spiro atoms. The molecule has 2 saturated heterocycles. The Kier molecular flexibility index (Phi) is 44.5. The van der Waals surface area contributed by atoms with E-state index in [-0.39, 0.29) is 25.6 Å². The zero-order chi connectivity index (χ0) is 54.4. The molecule has 11 atom stereocenters. The van der Waals surface area contributed by atoms with Gasteiger partial charge in [-0.3, -0.25) is 4.79 Å². The van der Waals surface area contributed by atoms with Crippen molar-refractivity contribution >= 4 is 5.97 Å². The van der Waals surface area contributed by atoms with E-state index in [1.807, 2.05) is 0 Å². The fourth-order valence-corrected chi connectivity index (χ4v) is 9.71. The van der Waals surface area contributed by atoms with Crippen molar-refractivity contribution in [2.45, 2.75) is 313 Å². The number of ether oxygens (including phenoxy) is 6. The molecular formula is C61H112O14. The first-order chi connectivity index (χ1) is 36.6. The number of carbonyl (C=O) groups is 1. The summed E-state index contributed by atoms with van der Waals surface area (Å²) >= 11 is 0. The molecule has 0 aromatic rings. The molecule has 2 aliphatic rings. The van der Waals surface area contributed by atoms with Crippen LogP contribution < -0.4 is 0 Å². The molecule has 0 aromatic heterocycles. The summed E-state index contributed by atoms with van der Waals surface area (Å²) < 4.78 is 34.4. The van der Waals surface area contributed by atoms with Crippen LogP contribution >= 0.6 is 0 Å². The third kappa shape index (κ3) is 34.7. The first kappa shape index (κ1) is 69.3. The van der Waals surface area contributed by atoms with E-state index in [9.17, 15) is 40.5 Å². The Morgan fingerprint density at radius 3 is 1.29 bits per heavy atom. The van der Waals surface area contributed by atoms with E-state index in [4.69, 9.17) is 28.4 Å². The Labute approximate surface area is 455 Å². The van der Waals surface area contributed by atoms with E-state index in [1.165, 1.54) is 148 Å². The summed E-state index contributed by atoms with van der Waals surface area (Å²) in [7, 11) is 0. The smallest absolute Gasteiger partial charge is 0.306 e. The van der Waals surface area contributed by atoms with Crippen molar-refractivity contribution < 1.29 is 69.0 Å². The average molecular weight is 1070 g/mol. The molecule has 75 heavy (non-hydrogen) atoms. The van der Waals surface area contributed by atoms with Crippen molar-refractivity contribution in [3.63, 3.8) is 0 Å². The van der Waals surface area contributed by atoms with Crippen LogP contribution in [0.3, 0.4) is 0 Å². The lowest BCUT2D eigenvalue weighted by atomic mass is 9.98. The van der Waals surface area contributed by atoms with E-state index >= 15 is 0 Å². The van der Waals surface area contributed by atoms with E-state index in [1.54, 1.807) is 0 Å². The fraction of sp³-hybridized carbons (Fsp3) is 0.885. The minimum absolute atomic E-state index is 0.0594. The van der Waals surface area contributed by atoms with Gasteiger partial charge >= 0.3 is 5.97 Å². The van der Waals surface area contributed by atoms with Crippen LogP contribution in [-0.2, 0) is 33.2 Å². The number of aliphatic hydroxyl groups is 7. The van der Waals surface area contributed by atoms with Gasteiger partial charge in [-0.1, -0.05) is 224 Å². The first-order valence-electron chi connectivity index (χ1n) is 30.6. The number of rotatable bonds is 50. The van der Waals surface area contributed by atoms with Gasteiger partial charge in [0.1, 0.15) is 54.9 Å². The highest BCUT2D eigenvalue weighted by Gasteiger charge is 2.47. The van der Waals surface area contributed by atoms with Crippen molar-refractivity contribution in [1.29, 1.82) is 0 Å². The summed E-state index contributed by atoms with van der Waals surface area (Å²) in [4.78, 5) is 13.1. The highest BCUT2D eigenvalue weighted by atomic mass is 16.7.